The van der Waals surface area contributed by atoms with Gasteiger partial charge in [-0.3, -0.25) is 13.9 Å². The van der Waals surface area contributed by atoms with Gasteiger partial charge in [-0.1, -0.05) is 37.6 Å². The lowest BCUT2D eigenvalue weighted by Crippen LogP contribution is -2.51. The highest BCUT2D eigenvalue weighted by molar-refractivity contribution is 7.92. The molecule has 1 N–H and O–H groups in total. The summed E-state index contributed by atoms with van der Waals surface area (Å²) in [5.74, 6) is -1.49. The van der Waals surface area contributed by atoms with Gasteiger partial charge in [0.1, 0.15) is 18.4 Å². The third-order valence-electron chi connectivity index (χ3n) is 5.47. The Balaban J connectivity index is 2.39. The molecule has 7 nitrogen and oxygen atoms in total. The molecule has 1 atom stereocenters. The Morgan fingerprint density at radius 3 is 2.26 bits per heavy atom. The summed E-state index contributed by atoms with van der Waals surface area (Å²) >= 11 is 0. The van der Waals surface area contributed by atoms with E-state index in [9.17, 15) is 22.4 Å². The second kappa shape index (κ2) is 12.0. The lowest BCUT2D eigenvalue weighted by molar-refractivity contribution is -0.139. The fourth-order valence-electron chi connectivity index (χ4n) is 3.64. The molecule has 0 aromatic heterocycles. The molecule has 186 valence electrons. The van der Waals surface area contributed by atoms with Gasteiger partial charge >= 0.3 is 0 Å². The van der Waals surface area contributed by atoms with E-state index in [1.807, 2.05) is 26.8 Å². The first kappa shape index (κ1) is 27.3. The summed E-state index contributed by atoms with van der Waals surface area (Å²) in [6.07, 6.45) is 2.71. The third-order valence-corrected chi connectivity index (χ3v) is 6.61. The number of anilines is 1. The Morgan fingerprint density at radius 1 is 1.09 bits per heavy atom. The predicted octanol–water partition coefficient (Wildman–Crippen LogP) is 3.54. The molecule has 0 unspecified atom stereocenters. The number of benzene rings is 2. The van der Waals surface area contributed by atoms with Gasteiger partial charge in [0.2, 0.25) is 21.8 Å². The standard InChI is InChI=1S/C25H34FN3O4S/c1-6-7-12-27-25(31)20(4)28(16-21-10-8-9-11-23(21)26)24(30)17-29(34(5,32)33)22-14-18(2)13-19(3)15-22/h8-11,13-15,20H,6-7,12,16-17H2,1-5H3,(H,27,31)/t20-/m0/s1. The highest BCUT2D eigenvalue weighted by atomic mass is 32.2. The summed E-state index contributed by atoms with van der Waals surface area (Å²) < 4.78 is 40.6. The van der Waals surface area contributed by atoms with Gasteiger partial charge in [-0.25, -0.2) is 12.8 Å². The highest BCUT2D eigenvalue weighted by Crippen LogP contribution is 2.22. The van der Waals surface area contributed by atoms with Crippen LogP contribution in [-0.4, -0.2) is 50.5 Å². The van der Waals surface area contributed by atoms with Crippen LogP contribution in [0.2, 0.25) is 0 Å². The number of halogens is 1. The number of sulfonamides is 1. The van der Waals surface area contributed by atoms with Gasteiger partial charge in [-0.15, -0.1) is 0 Å². The van der Waals surface area contributed by atoms with E-state index in [1.165, 1.54) is 23.1 Å². The van der Waals surface area contributed by atoms with E-state index in [1.54, 1.807) is 25.1 Å². The van der Waals surface area contributed by atoms with E-state index in [0.29, 0.717) is 12.2 Å². The van der Waals surface area contributed by atoms with Gasteiger partial charge in [0.05, 0.1) is 11.9 Å². The third kappa shape index (κ3) is 7.55. The Kier molecular flexibility index (Phi) is 9.61. The monoisotopic (exact) mass is 491 g/mol. The summed E-state index contributed by atoms with van der Waals surface area (Å²) in [6, 6.07) is 10.3. The number of nitrogens with zero attached hydrogens (tertiary/aromatic N) is 2. The number of rotatable bonds is 11. The molecule has 2 aromatic carbocycles. The van der Waals surface area contributed by atoms with Crippen LogP contribution in [0.1, 0.15) is 43.4 Å². The van der Waals surface area contributed by atoms with E-state index in [-0.39, 0.29) is 18.0 Å². The zero-order chi connectivity index (χ0) is 25.5. The summed E-state index contributed by atoms with van der Waals surface area (Å²) in [6.45, 7) is 7.01. The molecular weight excluding hydrogens is 457 g/mol. The molecule has 2 rings (SSSR count). The first-order valence-corrected chi connectivity index (χ1v) is 13.2. The predicted molar refractivity (Wildman–Crippen MR) is 132 cm³/mol. The minimum absolute atomic E-state index is 0.168. The van der Waals surface area contributed by atoms with E-state index in [4.69, 9.17) is 0 Å². The number of carbonyl (C=O) groups excluding carboxylic acids is 2. The molecule has 0 aliphatic carbocycles. The van der Waals surface area contributed by atoms with E-state index in [0.717, 1.165) is 34.5 Å². The molecule has 0 saturated heterocycles. The molecule has 0 bridgehead atoms. The van der Waals surface area contributed by atoms with Crippen LogP contribution >= 0.6 is 0 Å². The van der Waals surface area contributed by atoms with Crippen molar-refractivity contribution < 1.29 is 22.4 Å². The average molecular weight is 492 g/mol. The van der Waals surface area contributed by atoms with Crippen LogP contribution in [0, 0.1) is 19.7 Å². The molecular formula is C25H34FN3O4S. The number of aryl methyl sites for hydroxylation is 2. The summed E-state index contributed by atoms with van der Waals surface area (Å²) in [5.41, 5.74) is 2.30. The van der Waals surface area contributed by atoms with Crippen molar-refractivity contribution in [3.05, 3.63) is 65.0 Å². The maximum Gasteiger partial charge on any atom is 0.244 e. The minimum atomic E-state index is -3.81. The fourth-order valence-corrected chi connectivity index (χ4v) is 4.47. The van der Waals surface area contributed by atoms with E-state index in [2.05, 4.69) is 5.32 Å². The van der Waals surface area contributed by atoms with Crippen LogP contribution < -0.4 is 9.62 Å². The lowest BCUT2D eigenvalue weighted by atomic mass is 10.1. The number of hydrogen-bond donors (Lipinski definition) is 1. The molecule has 2 amide bonds. The van der Waals surface area contributed by atoms with Crippen LogP contribution in [0.15, 0.2) is 42.5 Å². The first-order valence-electron chi connectivity index (χ1n) is 11.3. The van der Waals surface area contributed by atoms with Crippen molar-refractivity contribution in [1.82, 2.24) is 10.2 Å². The number of hydrogen-bond acceptors (Lipinski definition) is 4. The van der Waals surface area contributed by atoms with Crippen LogP contribution in [0.5, 0.6) is 0 Å². The number of unbranched alkanes of at least 4 members (excludes halogenated alkanes) is 1. The number of amides is 2. The smallest absolute Gasteiger partial charge is 0.244 e. The molecule has 0 aliphatic rings. The minimum Gasteiger partial charge on any atom is -0.354 e. The first-order chi connectivity index (χ1) is 15.9. The lowest BCUT2D eigenvalue weighted by Gasteiger charge is -2.31. The summed E-state index contributed by atoms with van der Waals surface area (Å²) in [7, 11) is -3.81. The van der Waals surface area contributed by atoms with Crippen LogP contribution in [0.25, 0.3) is 0 Å². The fraction of sp³-hybridized carbons (Fsp3) is 0.440. The molecule has 0 saturated carbocycles. The SMILES string of the molecule is CCCCNC(=O)[C@H](C)N(Cc1ccccc1F)C(=O)CN(c1cc(C)cc(C)c1)S(C)(=O)=O. The molecule has 2 aromatic rings. The van der Waals surface area contributed by atoms with Crippen molar-refractivity contribution >= 4 is 27.5 Å². The molecule has 34 heavy (non-hydrogen) atoms. The molecule has 0 fully saturated rings. The normalized spacial score (nSPS) is 12.2. The Bertz CT molecular complexity index is 1100. The zero-order valence-electron chi connectivity index (χ0n) is 20.5. The van der Waals surface area contributed by atoms with Crippen molar-refractivity contribution in [3.63, 3.8) is 0 Å². The molecule has 0 spiro atoms. The molecule has 0 heterocycles. The molecule has 0 radical (unpaired) electrons. The summed E-state index contributed by atoms with van der Waals surface area (Å²) in [4.78, 5) is 27.4. The second-order valence-electron chi connectivity index (χ2n) is 8.55. The van der Waals surface area contributed by atoms with Gasteiger partial charge in [-0.05, 0) is 56.5 Å². The van der Waals surface area contributed by atoms with Gasteiger partial charge in [0.15, 0.2) is 0 Å². The second-order valence-corrected chi connectivity index (χ2v) is 10.5. The van der Waals surface area contributed by atoms with Gasteiger partial charge < -0.3 is 10.2 Å². The zero-order valence-corrected chi connectivity index (χ0v) is 21.3. The van der Waals surface area contributed by atoms with Crippen LogP contribution in [0.4, 0.5) is 10.1 Å². The highest BCUT2D eigenvalue weighted by Gasteiger charge is 2.30. The average Bonchev–Trinajstić information content (AvgIpc) is 2.74. The van der Waals surface area contributed by atoms with Gasteiger partial charge in [-0.2, -0.15) is 0 Å². The molecule has 9 heteroatoms. The van der Waals surface area contributed by atoms with Gasteiger partial charge in [0, 0.05) is 18.7 Å². The largest absolute Gasteiger partial charge is 0.354 e. The van der Waals surface area contributed by atoms with E-state index >= 15 is 0 Å². The quantitative estimate of drug-likeness (QED) is 0.487. The summed E-state index contributed by atoms with van der Waals surface area (Å²) in [5, 5.41) is 2.79. The van der Waals surface area contributed by atoms with Crippen molar-refractivity contribution in [2.75, 3.05) is 23.7 Å². The molecule has 0 aliphatic heterocycles. The maximum absolute atomic E-state index is 14.4. The van der Waals surface area contributed by atoms with E-state index < -0.39 is 34.3 Å². The Hall–Kier alpha value is -2.94. The number of nitrogens with one attached hydrogen (secondary N) is 1. The van der Waals surface area contributed by atoms with Crippen molar-refractivity contribution in [2.24, 2.45) is 0 Å². The topological polar surface area (TPSA) is 86.8 Å². The van der Waals surface area contributed by atoms with Crippen molar-refractivity contribution in [3.8, 4) is 0 Å². The van der Waals surface area contributed by atoms with Crippen LogP contribution in [-0.2, 0) is 26.2 Å². The number of carbonyl (C=O) groups is 2. The van der Waals surface area contributed by atoms with Crippen molar-refractivity contribution in [1.29, 1.82) is 0 Å². The van der Waals surface area contributed by atoms with Gasteiger partial charge in [0.25, 0.3) is 0 Å². The Labute approximate surface area is 202 Å². The Morgan fingerprint density at radius 2 is 1.71 bits per heavy atom. The van der Waals surface area contributed by atoms with Crippen LogP contribution in [0.3, 0.4) is 0 Å². The maximum atomic E-state index is 14.4. The van der Waals surface area contributed by atoms with Crippen molar-refractivity contribution in [2.45, 2.75) is 53.1 Å².